The molecule has 0 fully saturated rings. The van der Waals surface area contributed by atoms with Gasteiger partial charge in [-0.25, -0.2) is 4.79 Å². The zero-order valence-electron chi connectivity index (χ0n) is 17.6. The van der Waals surface area contributed by atoms with Gasteiger partial charge in [-0.15, -0.1) is 11.3 Å². The highest BCUT2D eigenvalue weighted by Crippen LogP contribution is 2.38. The Kier molecular flexibility index (Phi) is 6.79. The van der Waals surface area contributed by atoms with Crippen LogP contribution >= 0.6 is 11.3 Å². The molecule has 0 atom stereocenters. The average molecular weight is 435 g/mol. The molecule has 0 saturated heterocycles. The smallest absolute Gasteiger partial charge is 0.341 e. The van der Waals surface area contributed by atoms with Gasteiger partial charge in [-0.2, -0.15) is 0 Å². The van der Waals surface area contributed by atoms with Crippen LogP contribution in [0.1, 0.15) is 38.8 Å². The second kappa shape index (κ2) is 9.90. The fourth-order valence-corrected chi connectivity index (χ4v) is 5.19. The largest absolute Gasteiger partial charge is 0.462 e. The number of amides is 1. The summed E-state index contributed by atoms with van der Waals surface area (Å²) in [4.78, 5) is 28.9. The Balaban J connectivity index is 1.54. The third-order valence-corrected chi connectivity index (χ3v) is 6.46. The van der Waals surface area contributed by atoms with E-state index in [0.29, 0.717) is 17.2 Å². The number of nitrogens with one attached hydrogen (secondary N) is 1. The number of rotatable bonds is 7. The van der Waals surface area contributed by atoms with Crippen molar-refractivity contribution in [2.75, 3.05) is 18.5 Å². The van der Waals surface area contributed by atoms with Gasteiger partial charge < -0.3 is 10.1 Å². The molecule has 4 rings (SSSR count). The Morgan fingerprint density at radius 3 is 2.39 bits per heavy atom. The van der Waals surface area contributed by atoms with Gasteiger partial charge in [0.05, 0.1) is 18.6 Å². The Bertz CT molecular complexity index is 1050. The molecular weight excluding hydrogens is 408 g/mol. The summed E-state index contributed by atoms with van der Waals surface area (Å²) in [6, 6.07) is 20.0. The molecule has 160 valence electrons. The standard InChI is InChI=1S/C25H26N2O3S/c1-2-30-25(29)23-20-13-14-27(16-19-11-7-4-8-12-19)17-21(20)31-24(23)26-22(28)15-18-9-5-3-6-10-18/h3-12H,2,13-17H2,1H3,(H,26,28). The van der Waals surface area contributed by atoms with Gasteiger partial charge in [-0.1, -0.05) is 60.7 Å². The van der Waals surface area contributed by atoms with Crippen molar-refractivity contribution in [3.05, 3.63) is 87.8 Å². The molecule has 0 radical (unpaired) electrons. The summed E-state index contributed by atoms with van der Waals surface area (Å²) in [5.74, 6) is -0.483. The molecule has 3 aromatic rings. The number of thiophene rings is 1. The Hall–Kier alpha value is -2.96. The van der Waals surface area contributed by atoms with E-state index in [-0.39, 0.29) is 18.3 Å². The summed E-state index contributed by atoms with van der Waals surface area (Å²) >= 11 is 1.49. The van der Waals surface area contributed by atoms with Crippen LogP contribution in [-0.2, 0) is 35.5 Å². The van der Waals surface area contributed by atoms with E-state index in [1.807, 2.05) is 36.4 Å². The molecule has 1 N–H and O–H groups in total. The second-order valence-corrected chi connectivity index (χ2v) is 8.69. The van der Waals surface area contributed by atoms with Crippen molar-refractivity contribution in [1.82, 2.24) is 4.90 Å². The first kappa shape index (κ1) is 21.3. The predicted octanol–water partition coefficient (Wildman–Crippen LogP) is 4.66. The van der Waals surface area contributed by atoms with Crippen LogP contribution in [0.3, 0.4) is 0 Å². The lowest BCUT2D eigenvalue weighted by molar-refractivity contribution is -0.115. The van der Waals surface area contributed by atoms with E-state index in [1.165, 1.54) is 16.9 Å². The minimum atomic E-state index is -0.355. The minimum Gasteiger partial charge on any atom is -0.462 e. The zero-order valence-corrected chi connectivity index (χ0v) is 18.4. The number of ether oxygens (including phenoxy) is 1. The molecule has 0 bridgehead atoms. The molecule has 31 heavy (non-hydrogen) atoms. The molecule has 5 nitrogen and oxygen atoms in total. The fourth-order valence-electron chi connectivity index (χ4n) is 3.89. The third kappa shape index (κ3) is 5.21. The number of hydrogen-bond acceptors (Lipinski definition) is 5. The van der Waals surface area contributed by atoms with Crippen molar-refractivity contribution in [1.29, 1.82) is 0 Å². The van der Waals surface area contributed by atoms with Crippen LogP contribution in [0.25, 0.3) is 0 Å². The van der Waals surface area contributed by atoms with E-state index < -0.39 is 0 Å². The summed E-state index contributed by atoms with van der Waals surface area (Å²) < 4.78 is 5.32. The number of hydrogen-bond donors (Lipinski definition) is 1. The predicted molar refractivity (Wildman–Crippen MR) is 123 cm³/mol. The lowest BCUT2D eigenvalue weighted by atomic mass is 10.0. The average Bonchev–Trinajstić information content (AvgIpc) is 3.12. The maximum Gasteiger partial charge on any atom is 0.341 e. The highest BCUT2D eigenvalue weighted by molar-refractivity contribution is 7.17. The van der Waals surface area contributed by atoms with Gasteiger partial charge in [-0.05, 0) is 30.0 Å². The molecule has 0 saturated carbocycles. The van der Waals surface area contributed by atoms with E-state index >= 15 is 0 Å². The van der Waals surface area contributed by atoms with Gasteiger partial charge >= 0.3 is 5.97 Å². The summed E-state index contributed by atoms with van der Waals surface area (Å²) in [6.45, 7) is 4.59. The minimum absolute atomic E-state index is 0.128. The topological polar surface area (TPSA) is 58.6 Å². The van der Waals surface area contributed by atoms with Gasteiger partial charge in [0, 0.05) is 24.5 Å². The molecular formula is C25H26N2O3S. The first-order valence-electron chi connectivity index (χ1n) is 10.6. The van der Waals surface area contributed by atoms with Crippen molar-refractivity contribution in [2.24, 2.45) is 0 Å². The second-order valence-electron chi connectivity index (χ2n) is 7.59. The molecule has 0 spiro atoms. The van der Waals surface area contributed by atoms with Crippen molar-refractivity contribution in [2.45, 2.75) is 32.9 Å². The van der Waals surface area contributed by atoms with E-state index in [1.54, 1.807) is 6.92 Å². The van der Waals surface area contributed by atoms with Crippen molar-refractivity contribution >= 4 is 28.2 Å². The number of carbonyl (C=O) groups is 2. The molecule has 2 heterocycles. The number of anilines is 1. The monoisotopic (exact) mass is 434 g/mol. The zero-order chi connectivity index (χ0) is 21.6. The van der Waals surface area contributed by atoms with Crippen LogP contribution in [0.4, 0.5) is 5.00 Å². The molecule has 1 aliphatic heterocycles. The van der Waals surface area contributed by atoms with Gasteiger partial charge in [0.15, 0.2) is 0 Å². The van der Waals surface area contributed by atoms with Gasteiger partial charge in [0.1, 0.15) is 5.00 Å². The number of nitrogens with zero attached hydrogens (tertiary/aromatic N) is 1. The van der Waals surface area contributed by atoms with Crippen molar-refractivity contribution < 1.29 is 14.3 Å². The number of fused-ring (bicyclic) bond motifs is 1. The highest BCUT2D eigenvalue weighted by atomic mass is 32.1. The molecule has 1 amide bonds. The van der Waals surface area contributed by atoms with Crippen LogP contribution in [0.2, 0.25) is 0 Å². The number of esters is 1. The number of benzene rings is 2. The Morgan fingerprint density at radius 1 is 1.03 bits per heavy atom. The highest BCUT2D eigenvalue weighted by Gasteiger charge is 2.29. The lowest BCUT2D eigenvalue weighted by Gasteiger charge is -2.27. The molecule has 0 aliphatic carbocycles. The maximum atomic E-state index is 12.7. The lowest BCUT2D eigenvalue weighted by Crippen LogP contribution is -2.30. The fraction of sp³-hybridized carbons (Fsp3) is 0.280. The SMILES string of the molecule is CCOC(=O)c1c(NC(=O)Cc2ccccc2)sc2c1CCN(Cc1ccccc1)C2. The normalized spacial score (nSPS) is 13.5. The summed E-state index contributed by atoms with van der Waals surface area (Å²) in [7, 11) is 0. The first-order valence-corrected chi connectivity index (χ1v) is 11.4. The van der Waals surface area contributed by atoms with E-state index in [9.17, 15) is 9.59 Å². The molecule has 2 aromatic carbocycles. The van der Waals surface area contributed by atoms with Crippen LogP contribution in [0.15, 0.2) is 60.7 Å². The van der Waals surface area contributed by atoms with E-state index in [2.05, 4.69) is 34.5 Å². The summed E-state index contributed by atoms with van der Waals surface area (Å²) in [5.41, 5.74) is 3.75. The maximum absolute atomic E-state index is 12.7. The van der Waals surface area contributed by atoms with Crippen LogP contribution in [-0.4, -0.2) is 29.9 Å². The van der Waals surface area contributed by atoms with E-state index in [0.717, 1.165) is 42.1 Å². The Labute approximate surface area is 186 Å². The molecule has 0 unspecified atom stereocenters. The quantitative estimate of drug-likeness (QED) is 0.549. The Morgan fingerprint density at radius 2 is 1.71 bits per heavy atom. The number of carbonyl (C=O) groups excluding carboxylic acids is 2. The van der Waals surface area contributed by atoms with E-state index in [4.69, 9.17) is 4.74 Å². The van der Waals surface area contributed by atoms with Crippen LogP contribution in [0.5, 0.6) is 0 Å². The van der Waals surface area contributed by atoms with Gasteiger partial charge in [0.25, 0.3) is 0 Å². The molecule has 6 heteroatoms. The van der Waals surface area contributed by atoms with Crippen LogP contribution in [0, 0.1) is 0 Å². The molecule has 1 aliphatic rings. The van der Waals surface area contributed by atoms with Crippen LogP contribution < -0.4 is 5.32 Å². The van der Waals surface area contributed by atoms with Gasteiger partial charge in [-0.3, -0.25) is 9.69 Å². The first-order chi connectivity index (χ1) is 15.1. The third-order valence-electron chi connectivity index (χ3n) is 5.32. The summed E-state index contributed by atoms with van der Waals surface area (Å²) in [6.07, 6.45) is 1.03. The summed E-state index contributed by atoms with van der Waals surface area (Å²) in [5, 5.41) is 3.58. The van der Waals surface area contributed by atoms with Gasteiger partial charge in [0.2, 0.25) is 5.91 Å². The van der Waals surface area contributed by atoms with Crippen molar-refractivity contribution in [3.8, 4) is 0 Å². The van der Waals surface area contributed by atoms with Crippen molar-refractivity contribution in [3.63, 3.8) is 0 Å². The molecule has 1 aromatic heterocycles.